The maximum Gasteiger partial charge on any atom is 0.302 e. The van der Waals surface area contributed by atoms with Gasteiger partial charge in [0.2, 0.25) is 0 Å². The second-order valence-electron chi connectivity index (χ2n) is 11.8. The number of aliphatic hydroxyl groups is 2. The van der Waals surface area contributed by atoms with Crippen molar-refractivity contribution in [2.75, 3.05) is 0 Å². The Kier molecular flexibility index (Phi) is 5.80. The van der Waals surface area contributed by atoms with E-state index < -0.39 is 70.5 Å². The molecule has 0 aromatic rings. The smallest absolute Gasteiger partial charge is 0.302 e. The van der Waals surface area contributed by atoms with Gasteiger partial charge in [0.15, 0.2) is 5.78 Å². The number of carbonyl (C=O) groups is 4. The summed E-state index contributed by atoms with van der Waals surface area (Å²) in [5, 5.41) is 23.2. The molecule has 0 aromatic carbocycles. The van der Waals surface area contributed by atoms with Gasteiger partial charge in [0, 0.05) is 44.1 Å². The molecule has 9 nitrogen and oxygen atoms in total. The second-order valence-corrected chi connectivity index (χ2v) is 11.8. The monoisotopic (exact) mass is 492 g/mol. The lowest BCUT2D eigenvalue weighted by Crippen LogP contribution is -2.75. The Bertz CT molecular complexity index is 1000. The van der Waals surface area contributed by atoms with Crippen LogP contribution in [0.15, 0.2) is 12.2 Å². The predicted octanol–water partition coefficient (Wildman–Crippen LogP) is 1.86. The minimum absolute atomic E-state index is 0.192. The highest BCUT2D eigenvalue weighted by Gasteiger charge is 2.82. The lowest BCUT2D eigenvalue weighted by molar-refractivity contribution is -0.296. The molecule has 35 heavy (non-hydrogen) atoms. The fraction of sp³-hybridized carbons (Fsp3) is 0.769. The van der Waals surface area contributed by atoms with Crippen molar-refractivity contribution in [1.82, 2.24) is 0 Å². The van der Waals surface area contributed by atoms with Crippen molar-refractivity contribution in [2.45, 2.75) is 97.2 Å². The van der Waals surface area contributed by atoms with Crippen LogP contribution in [-0.2, 0) is 33.4 Å². The van der Waals surface area contributed by atoms with Gasteiger partial charge in [0.1, 0.15) is 35.4 Å². The number of carbonyl (C=O) groups excluding carboxylic acids is 4. The maximum atomic E-state index is 14.0. The van der Waals surface area contributed by atoms with Gasteiger partial charge in [-0.05, 0) is 30.6 Å². The largest absolute Gasteiger partial charge is 0.462 e. The Morgan fingerprint density at radius 2 is 1.51 bits per heavy atom. The summed E-state index contributed by atoms with van der Waals surface area (Å²) in [4.78, 5) is 50.7. The Morgan fingerprint density at radius 3 is 2.06 bits per heavy atom. The summed E-state index contributed by atoms with van der Waals surface area (Å²) in [6.07, 6.45) is -3.21. The number of hydrogen-bond donors (Lipinski definition) is 2. The van der Waals surface area contributed by atoms with E-state index in [-0.39, 0.29) is 29.7 Å². The third-order valence-electron chi connectivity index (χ3n) is 9.52. The average Bonchev–Trinajstić information content (AvgIpc) is 2.80. The van der Waals surface area contributed by atoms with Gasteiger partial charge in [0.05, 0.1) is 0 Å². The second kappa shape index (κ2) is 7.87. The van der Waals surface area contributed by atoms with Crippen LogP contribution in [0.25, 0.3) is 0 Å². The molecule has 0 aliphatic heterocycles. The SMILES string of the molecule is C=C1C(=O)[C@@]23[C@H](OC(C)=O)C[C@@H]4C(C)(C)CC[C@H](OC(C)=O)[C@@]4(C)[C@@H]2[C@@H](OC(C)=O)C[C@]1(O)[C@H]3O. The zero-order valence-electron chi connectivity index (χ0n) is 21.3. The summed E-state index contributed by atoms with van der Waals surface area (Å²) in [5.41, 5.74) is -5.32. The molecule has 4 aliphatic carbocycles. The molecule has 194 valence electrons. The summed E-state index contributed by atoms with van der Waals surface area (Å²) >= 11 is 0. The first-order valence-corrected chi connectivity index (χ1v) is 12.2. The summed E-state index contributed by atoms with van der Waals surface area (Å²) in [6.45, 7) is 13.7. The molecule has 2 bridgehead atoms. The topological polar surface area (TPSA) is 136 Å². The molecule has 4 aliphatic rings. The first-order valence-electron chi connectivity index (χ1n) is 12.2. The van der Waals surface area contributed by atoms with E-state index in [0.717, 1.165) is 0 Å². The molecule has 1 spiro atoms. The van der Waals surface area contributed by atoms with Crippen LogP contribution in [0.3, 0.4) is 0 Å². The quantitative estimate of drug-likeness (QED) is 0.344. The fourth-order valence-corrected chi connectivity index (χ4v) is 8.37. The molecule has 4 fully saturated rings. The van der Waals surface area contributed by atoms with Crippen molar-refractivity contribution < 1.29 is 43.6 Å². The molecule has 0 aromatic heterocycles. The Morgan fingerprint density at radius 1 is 0.971 bits per heavy atom. The van der Waals surface area contributed by atoms with E-state index in [1.54, 1.807) is 0 Å². The van der Waals surface area contributed by atoms with Gasteiger partial charge < -0.3 is 24.4 Å². The molecule has 0 heterocycles. The molecule has 0 unspecified atom stereocenters. The molecule has 4 saturated carbocycles. The molecular weight excluding hydrogens is 456 g/mol. The lowest BCUT2D eigenvalue weighted by atomic mass is 9.38. The van der Waals surface area contributed by atoms with Crippen molar-refractivity contribution in [2.24, 2.45) is 28.1 Å². The number of esters is 3. The van der Waals surface area contributed by atoms with Crippen molar-refractivity contribution in [3.8, 4) is 0 Å². The van der Waals surface area contributed by atoms with Gasteiger partial charge in [-0.3, -0.25) is 19.2 Å². The molecule has 0 saturated heterocycles. The summed E-state index contributed by atoms with van der Waals surface area (Å²) in [5.74, 6) is -3.48. The van der Waals surface area contributed by atoms with Crippen LogP contribution < -0.4 is 0 Å². The van der Waals surface area contributed by atoms with Gasteiger partial charge in [-0.25, -0.2) is 0 Å². The van der Waals surface area contributed by atoms with E-state index in [1.165, 1.54) is 20.8 Å². The zero-order chi connectivity index (χ0) is 26.3. The van der Waals surface area contributed by atoms with E-state index in [1.807, 2.05) is 6.92 Å². The van der Waals surface area contributed by atoms with Crippen LogP contribution >= 0.6 is 0 Å². The third-order valence-corrected chi connectivity index (χ3v) is 9.52. The highest BCUT2D eigenvalue weighted by molar-refractivity contribution is 6.06. The highest BCUT2D eigenvalue weighted by Crippen LogP contribution is 2.72. The van der Waals surface area contributed by atoms with Crippen LogP contribution in [0.4, 0.5) is 0 Å². The molecule has 0 amide bonds. The van der Waals surface area contributed by atoms with Crippen LogP contribution in [0, 0.1) is 28.1 Å². The van der Waals surface area contributed by atoms with Crippen molar-refractivity contribution in [3.05, 3.63) is 12.2 Å². The summed E-state index contributed by atoms with van der Waals surface area (Å²) in [7, 11) is 0. The van der Waals surface area contributed by atoms with Crippen LogP contribution in [0.2, 0.25) is 0 Å². The van der Waals surface area contributed by atoms with E-state index in [0.29, 0.717) is 12.8 Å². The van der Waals surface area contributed by atoms with E-state index in [9.17, 15) is 29.4 Å². The lowest BCUT2D eigenvalue weighted by Gasteiger charge is -2.68. The molecule has 4 rings (SSSR count). The normalized spacial score (nSPS) is 45.7. The predicted molar refractivity (Wildman–Crippen MR) is 122 cm³/mol. The van der Waals surface area contributed by atoms with E-state index in [4.69, 9.17) is 14.2 Å². The first kappa shape index (κ1) is 25.8. The number of hydrogen-bond acceptors (Lipinski definition) is 9. The maximum absolute atomic E-state index is 14.0. The number of fused-ring (bicyclic) bond motifs is 3. The summed E-state index contributed by atoms with van der Waals surface area (Å²) in [6, 6.07) is 0. The average molecular weight is 493 g/mol. The first-order chi connectivity index (χ1) is 16.0. The van der Waals surface area contributed by atoms with E-state index in [2.05, 4.69) is 20.4 Å². The minimum Gasteiger partial charge on any atom is -0.462 e. The van der Waals surface area contributed by atoms with Crippen molar-refractivity contribution in [1.29, 1.82) is 0 Å². The van der Waals surface area contributed by atoms with Crippen LogP contribution in [0.5, 0.6) is 0 Å². The zero-order valence-corrected chi connectivity index (χ0v) is 21.3. The molecule has 2 N–H and O–H groups in total. The minimum atomic E-state index is -2.05. The Hall–Kier alpha value is -2.26. The van der Waals surface area contributed by atoms with Gasteiger partial charge in [-0.1, -0.05) is 27.4 Å². The third kappa shape index (κ3) is 3.26. The van der Waals surface area contributed by atoms with Gasteiger partial charge in [-0.2, -0.15) is 0 Å². The fourth-order valence-electron chi connectivity index (χ4n) is 8.37. The molecule has 9 heteroatoms. The van der Waals surface area contributed by atoms with Crippen molar-refractivity contribution >= 4 is 23.7 Å². The van der Waals surface area contributed by atoms with E-state index >= 15 is 0 Å². The van der Waals surface area contributed by atoms with Gasteiger partial charge in [0.25, 0.3) is 0 Å². The molecule has 0 radical (unpaired) electrons. The molecule has 9 atom stereocenters. The Labute approximate surface area is 205 Å². The van der Waals surface area contributed by atoms with Crippen LogP contribution in [-0.4, -0.2) is 63.9 Å². The highest BCUT2D eigenvalue weighted by atomic mass is 16.6. The number of ether oxygens (including phenoxy) is 3. The van der Waals surface area contributed by atoms with Crippen molar-refractivity contribution in [3.63, 3.8) is 0 Å². The van der Waals surface area contributed by atoms with Gasteiger partial charge in [-0.15, -0.1) is 0 Å². The number of Topliss-reactive ketones (excluding diaryl/α,β-unsaturated/α-hetero) is 1. The summed E-state index contributed by atoms with van der Waals surface area (Å²) < 4.78 is 17.3. The standard InChI is InChI=1S/C26H36O9/c1-12-21(30)26-19(35-15(4)29)10-17-23(5,6)9-8-18(34-14(3)28)24(17,7)20(26)16(33-13(2)27)11-25(12,32)22(26)31/h16-20,22,31-32H,1,8-11H2,2-7H3/t16-,17+,18-,19+,20-,22+,24-,25+,26+/m0/s1. The number of ketones is 1. The number of aliphatic hydroxyl groups excluding tert-OH is 1. The van der Waals surface area contributed by atoms with Crippen LogP contribution in [0.1, 0.15) is 67.2 Å². The van der Waals surface area contributed by atoms with Gasteiger partial charge >= 0.3 is 17.9 Å². The number of rotatable bonds is 3. The Balaban J connectivity index is 2.04. The molecular formula is C26H36O9.